The second-order valence-electron chi connectivity index (χ2n) is 4.18. The van der Waals surface area contributed by atoms with Crippen molar-refractivity contribution in [3.63, 3.8) is 0 Å². The van der Waals surface area contributed by atoms with E-state index in [1.54, 1.807) is 7.11 Å². The summed E-state index contributed by atoms with van der Waals surface area (Å²) in [5, 5.41) is 13.2. The molecule has 2 aromatic rings. The number of nitriles is 1. The van der Waals surface area contributed by atoms with Crippen molar-refractivity contribution in [2.45, 2.75) is 13.5 Å². The van der Waals surface area contributed by atoms with Crippen LogP contribution in [0, 0.1) is 18.3 Å². The molecule has 0 spiro atoms. The Labute approximate surface area is 106 Å². The first-order valence-electron chi connectivity index (χ1n) is 5.76. The van der Waals surface area contributed by atoms with Crippen LogP contribution in [-0.4, -0.2) is 23.5 Å². The molecule has 0 radical (unpaired) electrons. The van der Waals surface area contributed by atoms with E-state index in [0.29, 0.717) is 12.2 Å². The van der Waals surface area contributed by atoms with E-state index in [2.05, 4.69) is 17.2 Å². The average molecular weight is 241 g/mol. The molecular weight excluding hydrogens is 226 g/mol. The van der Waals surface area contributed by atoms with Crippen molar-refractivity contribution in [3.8, 4) is 17.2 Å². The Bertz CT molecular complexity index is 581. The monoisotopic (exact) mass is 241 g/mol. The fraction of sp³-hybridized carbons (Fsp3) is 0.286. The van der Waals surface area contributed by atoms with Crippen molar-refractivity contribution in [1.82, 2.24) is 9.78 Å². The average Bonchev–Trinajstić information content (AvgIpc) is 2.84. The molecule has 0 unspecified atom stereocenters. The molecule has 18 heavy (non-hydrogen) atoms. The molecule has 0 saturated heterocycles. The lowest BCUT2D eigenvalue weighted by molar-refractivity contribution is 0.183. The molecule has 0 atom stereocenters. The largest absolute Gasteiger partial charge is 0.383 e. The number of hydrogen-bond acceptors (Lipinski definition) is 3. The molecule has 4 nitrogen and oxygen atoms in total. The Morgan fingerprint density at radius 3 is 2.89 bits per heavy atom. The predicted octanol–water partition coefficient (Wildman–Crippen LogP) is 2.38. The second kappa shape index (κ2) is 5.48. The maximum absolute atomic E-state index is 8.97. The third-order valence-electron chi connectivity index (χ3n) is 2.70. The van der Waals surface area contributed by atoms with Crippen molar-refractivity contribution in [2.24, 2.45) is 0 Å². The number of aromatic nitrogens is 2. The maximum atomic E-state index is 8.97. The molecule has 0 saturated carbocycles. The highest BCUT2D eigenvalue weighted by Gasteiger charge is 2.04. The molecular formula is C14H15N3O. The summed E-state index contributed by atoms with van der Waals surface area (Å²) in [7, 11) is 1.67. The zero-order valence-corrected chi connectivity index (χ0v) is 10.6. The number of ether oxygens (including phenoxy) is 1. The minimum Gasteiger partial charge on any atom is -0.383 e. The van der Waals surface area contributed by atoms with E-state index in [1.165, 1.54) is 0 Å². The quantitative estimate of drug-likeness (QED) is 0.825. The van der Waals surface area contributed by atoms with Crippen LogP contribution in [-0.2, 0) is 11.3 Å². The molecule has 4 heteroatoms. The molecule has 1 heterocycles. The maximum Gasteiger partial charge on any atom is 0.0991 e. The van der Waals surface area contributed by atoms with Crippen molar-refractivity contribution in [3.05, 3.63) is 41.7 Å². The first-order chi connectivity index (χ1) is 8.72. The van der Waals surface area contributed by atoms with Gasteiger partial charge in [-0.2, -0.15) is 10.4 Å². The molecule has 0 aliphatic carbocycles. The van der Waals surface area contributed by atoms with Crippen molar-refractivity contribution in [2.75, 3.05) is 13.7 Å². The standard InChI is InChI=1S/C14H15N3O/c1-11-5-12(8-15)7-13(6-11)14-9-16-17(10-14)3-4-18-2/h5-7,9-10H,3-4H2,1-2H3. The summed E-state index contributed by atoms with van der Waals surface area (Å²) >= 11 is 0. The smallest absolute Gasteiger partial charge is 0.0991 e. The van der Waals surface area contributed by atoms with Gasteiger partial charge in [-0.1, -0.05) is 6.07 Å². The Hall–Kier alpha value is -2.12. The van der Waals surface area contributed by atoms with E-state index in [1.807, 2.05) is 36.1 Å². The summed E-state index contributed by atoms with van der Waals surface area (Å²) in [6.07, 6.45) is 3.78. The van der Waals surface area contributed by atoms with Gasteiger partial charge in [0.25, 0.3) is 0 Å². The van der Waals surface area contributed by atoms with E-state index >= 15 is 0 Å². The van der Waals surface area contributed by atoms with Crippen molar-refractivity contribution in [1.29, 1.82) is 5.26 Å². The summed E-state index contributed by atoms with van der Waals surface area (Å²) in [6.45, 7) is 3.35. The summed E-state index contributed by atoms with van der Waals surface area (Å²) in [5.41, 5.74) is 3.80. The topological polar surface area (TPSA) is 50.8 Å². The Kier molecular flexibility index (Phi) is 3.75. The second-order valence-corrected chi connectivity index (χ2v) is 4.18. The molecule has 92 valence electrons. The molecule has 0 N–H and O–H groups in total. The van der Waals surface area contributed by atoms with Gasteiger partial charge in [-0.15, -0.1) is 0 Å². The van der Waals surface area contributed by atoms with Crippen LogP contribution in [0.4, 0.5) is 0 Å². The number of nitrogens with zero attached hydrogens (tertiary/aromatic N) is 3. The van der Waals surface area contributed by atoms with Gasteiger partial charge in [0, 0.05) is 18.9 Å². The molecule has 0 aliphatic rings. The van der Waals surface area contributed by atoms with Gasteiger partial charge in [0.1, 0.15) is 0 Å². The Morgan fingerprint density at radius 1 is 1.33 bits per heavy atom. The van der Waals surface area contributed by atoms with Crippen LogP contribution in [0.5, 0.6) is 0 Å². The van der Waals surface area contributed by atoms with Crippen LogP contribution in [0.15, 0.2) is 30.6 Å². The lowest BCUT2D eigenvalue weighted by atomic mass is 10.0. The predicted molar refractivity (Wildman–Crippen MR) is 69.0 cm³/mol. The third kappa shape index (κ3) is 2.76. The molecule has 0 fully saturated rings. The minimum absolute atomic E-state index is 0.637. The van der Waals surface area contributed by atoms with E-state index in [0.717, 1.165) is 23.2 Å². The summed E-state index contributed by atoms with van der Waals surface area (Å²) in [4.78, 5) is 0. The van der Waals surface area contributed by atoms with E-state index in [9.17, 15) is 0 Å². The van der Waals surface area contributed by atoms with Crippen LogP contribution >= 0.6 is 0 Å². The van der Waals surface area contributed by atoms with E-state index < -0.39 is 0 Å². The normalized spacial score (nSPS) is 10.3. The number of benzene rings is 1. The van der Waals surface area contributed by atoms with Gasteiger partial charge >= 0.3 is 0 Å². The van der Waals surface area contributed by atoms with Crippen LogP contribution in [0.1, 0.15) is 11.1 Å². The van der Waals surface area contributed by atoms with Gasteiger partial charge in [0.05, 0.1) is 31.0 Å². The van der Waals surface area contributed by atoms with Gasteiger partial charge in [0.2, 0.25) is 0 Å². The van der Waals surface area contributed by atoms with Gasteiger partial charge in [-0.05, 0) is 30.2 Å². The highest BCUT2D eigenvalue weighted by molar-refractivity contribution is 5.64. The molecule has 0 amide bonds. The highest BCUT2D eigenvalue weighted by atomic mass is 16.5. The van der Waals surface area contributed by atoms with Gasteiger partial charge in [0.15, 0.2) is 0 Å². The Balaban J connectivity index is 2.28. The number of rotatable bonds is 4. The van der Waals surface area contributed by atoms with E-state index in [-0.39, 0.29) is 0 Å². The summed E-state index contributed by atoms with van der Waals surface area (Å²) < 4.78 is 6.85. The molecule has 2 rings (SSSR count). The molecule has 1 aromatic carbocycles. The minimum atomic E-state index is 0.637. The van der Waals surface area contributed by atoms with Crippen LogP contribution < -0.4 is 0 Å². The van der Waals surface area contributed by atoms with Crippen LogP contribution in [0.2, 0.25) is 0 Å². The SMILES string of the molecule is COCCn1cc(-c2cc(C)cc(C#N)c2)cn1. The third-order valence-corrected chi connectivity index (χ3v) is 2.70. The van der Waals surface area contributed by atoms with Gasteiger partial charge in [-0.3, -0.25) is 4.68 Å². The molecule has 1 aromatic heterocycles. The lowest BCUT2D eigenvalue weighted by Gasteiger charge is -2.01. The van der Waals surface area contributed by atoms with E-state index in [4.69, 9.17) is 10.00 Å². The Morgan fingerprint density at radius 2 is 2.17 bits per heavy atom. The fourth-order valence-electron chi connectivity index (χ4n) is 1.83. The number of hydrogen-bond donors (Lipinski definition) is 0. The molecule has 0 aliphatic heterocycles. The van der Waals surface area contributed by atoms with Crippen LogP contribution in [0.3, 0.4) is 0 Å². The molecule has 0 bridgehead atoms. The van der Waals surface area contributed by atoms with Crippen molar-refractivity contribution < 1.29 is 4.74 Å². The summed E-state index contributed by atoms with van der Waals surface area (Å²) in [6, 6.07) is 7.98. The van der Waals surface area contributed by atoms with Gasteiger partial charge in [-0.25, -0.2) is 0 Å². The first-order valence-corrected chi connectivity index (χ1v) is 5.76. The van der Waals surface area contributed by atoms with Gasteiger partial charge < -0.3 is 4.74 Å². The zero-order valence-electron chi connectivity index (χ0n) is 10.6. The highest BCUT2D eigenvalue weighted by Crippen LogP contribution is 2.21. The summed E-state index contributed by atoms with van der Waals surface area (Å²) in [5.74, 6) is 0. The number of aryl methyl sites for hydroxylation is 1. The van der Waals surface area contributed by atoms with Crippen molar-refractivity contribution >= 4 is 0 Å². The van der Waals surface area contributed by atoms with Crippen LogP contribution in [0.25, 0.3) is 11.1 Å². The zero-order chi connectivity index (χ0) is 13.0. The fourth-order valence-corrected chi connectivity index (χ4v) is 1.83. The first kappa shape index (κ1) is 12.3. The number of methoxy groups -OCH3 is 1. The lowest BCUT2D eigenvalue weighted by Crippen LogP contribution is -2.03.